The molecule has 0 bridgehead atoms. The van der Waals surface area contributed by atoms with Crippen molar-refractivity contribution in [2.24, 2.45) is 0 Å². The van der Waals surface area contributed by atoms with Crippen molar-refractivity contribution >= 4 is 5.91 Å². The third kappa shape index (κ3) is 3.85. The summed E-state index contributed by atoms with van der Waals surface area (Å²) >= 11 is 0. The first-order valence-corrected chi connectivity index (χ1v) is 9.85. The second kappa shape index (κ2) is 8.65. The molecular formula is C23H29NO4. The highest BCUT2D eigenvalue weighted by Crippen LogP contribution is 2.38. The molecule has 0 aromatic heterocycles. The van der Waals surface area contributed by atoms with E-state index in [0.717, 1.165) is 29.5 Å². The third-order valence-corrected chi connectivity index (χ3v) is 5.49. The predicted molar refractivity (Wildman–Crippen MR) is 109 cm³/mol. The minimum atomic E-state index is -1.25. The predicted octanol–water partition coefficient (Wildman–Crippen LogP) is 3.67. The molecular weight excluding hydrogens is 354 g/mol. The molecule has 0 radical (unpaired) electrons. The summed E-state index contributed by atoms with van der Waals surface area (Å²) in [6.45, 7) is 2.54. The Balaban J connectivity index is 1.86. The van der Waals surface area contributed by atoms with Crippen LogP contribution in [0.15, 0.2) is 42.5 Å². The molecule has 1 aliphatic heterocycles. The van der Waals surface area contributed by atoms with E-state index in [2.05, 4.69) is 6.92 Å². The van der Waals surface area contributed by atoms with Gasteiger partial charge in [0.05, 0.1) is 20.6 Å². The third-order valence-electron chi connectivity index (χ3n) is 5.49. The molecule has 1 amide bonds. The van der Waals surface area contributed by atoms with Crippen LogP contribution in [0.5, 0.6) is 11.5 Å². The first-order chi connectivity index (χ1) is 13.5. The summed E-state index contributed by atoms with van der Waals surface area (Å²) in [6.07, 6.45) is 3.31. The van der Waals surface area contributed by atoms with Gasteiger partial charge in [-0.3, -0.25) is 4.79 Å². The van der Waals surface area contributed by atoms with Crippen molar-refractivity contribution in [2.45, 2.75) is 44.8 Å². The van der Waals surface area contributed by atoms with Gasteiger partial charge in [0.2, 0.25) is 5.91 Å². The van der Waals surface area contributed by atoms with Gasteiger partial charge in [-0.1, -0.05) is 43.7 Å². The Bertz CT molecular complexity index is 835. The Morgan fingerprint density at radius 1 is 1.11 bits per heavy atom. The van der Waals surface area contributed by atoms with Crippen LogP contribution in [0.4, 0.5) is 0 Å². The van der Waals surface area contributed by atoms with Crippen LogP contribution in [-0.2, 0) is 23.4 Å². The standard InChI is InChI=1S/C23H29NO4/c1-4-5-13-23(26)19-9-7-6-8-18(19)16-22(25)24(23)14-12-17-10-11-20(27-2)21(15-17)28-3/h6-11,15,26H,4-5,12-14,16H2,1-3H3. The Morgan fingerprint density at radius 3 is 2.57 bits per heavy atom. The number of carbonyl (C=O) groups excluding carboxylic acids is 1. The molecule has 3 rings (SSSR count). The maximum Gasteiger partial charge on any atom is 0.229 e. The number of nitrogens with zero attached hydrogens (tertiary/aromatic N) is 1. The zero-order valence-corrected chi connectivity index (χ0v) is 16.9. The van der Waals surface area contributed by atoms with Crippen molar-refractivity contribution in [1.82, 2.24) is 4.90 Å². The number of amides is 1. The highest BCUT2D eigenvalue weighted by molar-refractivity contribution is 5.82. The van der Waals surface area contributed by atoms with Crippen molar-refractivity contribution in [1.29, 1.82) is 0 Å². The lowest BCUT2D eigenvalue weighted by Crippen LogP contribution is -2.54. The van der Waals surface area contributed by atoms with E-state index in [-0.39, 0.29) is 5.91 Å². The minimum absolute atomic E-state index is 0.0298. The van der Waals surface area contributed by atoms with Gasteiger partial charge in [0, 0.05) is 12.1 Å². The van der Waals surface area contributed by atoms with Crippen molar-refractivity contribution in [2.75, 3.05) is 20.8 Å². The first kappa shape index (κ1) is 20.2. The van der Waals surface area contributed by atoms with Gasteiger partial charge in [0.15, 0.2) is 17.2 Å². The number of ether oxygens (including phenoxy) is 2. The molecule has 0 saturated heterocycles. The maximum absolute atomic E-state index is 12.9. The fourth-order valence-electron chi connectivity index (χ4n) is 3.95. The van der Waals surface area contributed by atoms with Crippen LogP contribution < -0.4 is 9.47 Å². The molecule has 2 aromatic rings. The molecule has 5 heteroatoms. The van der Waals surface area contributed by atoms with Gasteiger partial charge in [0.25, 0.3) is 0 Å². The van der Waals surface area contributed by atoms with E-state index >= 15 is 0 Å². The van der Waals surface area contributed by atoms with Gasteiger partial charge in [0.1, 0.15) is 0 Å². The Hall–Kier alpha value is -2.53. The minimum Gasteiger partial charge on any atom is -0.493 e. The van der Waals surface area contributed by atoms with E-state index in [0.29, 0.717) is 37.3 Å². The van der Waals surface area contributed by atoms with Crippen molar-refractivity contribution in [3.8, 4) is 11.5 Å². The molecule has 0 aliphatic carbocycles. The van der Waals surface area contributed by atoms with Crippen LogP contribution in [0.1, 0.15) is 42.9 Å². The zero-order valence-electron chi connectivity index (χ0n) is 16.9. The summed E-state index contributed by atoms with van der Waals surface area (Å²) in [5.41, 5.74) is 1.56. The first-order valence-electron chi connectivity index (χ1n) is 9.85. The number of hydrogen-bond acceptors (Lipinski definition) is 4. The van der Waals surface area contributed by atoms with E-state index in [1.165, 1.54) is 0 Å². The molecule has 5 nitrogen and oxygen atoms in total. The summed E-state index contributed by atoms with van der Waals surface area (Å²) in [5, 5.41) is 11.6. The van der Waals surface area contributed by atoms with Gasteiger partial charge in [-0.15, -0.1) is 0 Å². The summed E-state index contributed by atoms with van der Waals surface area (Å²) < 4.78 is 10.7. The number of carbonyl (C=O) groups is 1. The second-order valence-corrected chi connectivity index (χ2v) is 7.24. The molecule has 0 fully saturated rings. The number of benzene rings is 2. The highest BCUT2D eigenvalue weighted by atomic mass is 16.5. The van der Waals surface area contributed by atoms with Crippen molar-refractivity contribution in [3.05, 3.63) is 59.2 Å². The van der Waals surface area contributed by atoms with Crippen LogP contribution in [-0.4, -0.2) is 36.7 Å². The van der Waals surface area contributed by atoms with Gasteiger partial charge in [-0.05, 0) is 42.5 Å². The van der Waals surface area contributed by atoms with E-state index in [1.807, 2.05) is 42.5 Å². The molecule has 28 heavy (non-hydrogen) atoms. The van der Waals surface area contributed by atoms with Crippen LogP contribution in [0, 0.1) is 0 Å². The molecule has 150 valence electrons. The topological polar surface area (TPSA) is 59.0 Å². The molecule has 2 aromatic carbocycles. The molecule has 1 N–H and O–H groups in total. The van der Waals surface area contributed by atoms with Crippen molar-refractivity contribution in [3.63, 3.8) is 0 Å². The second-order valence-electron chi connectivity index (χ2n) is 7.24. The van der Waals surface area contributed by atoms with E-state index < -0.39 is 5.72 Å². The molecule has 1 unspecified atom stereocenters. The maximum atomic E-state index is 12.9. The Labute approximate surface area is 166 Å². The summed E-state index contributed by atoms with van der Waals surface area (Å²) in [6, 6.07) is 13.5. The largest absolute Gasteiger partial charge is 0.493 e. The number of rotatable bonds is 8. The molecule has 1 atom stereocenters. The SMILES string of the molecule is CCCCC1(O)c2ccccc2CC(=O)N1CCc1ccc(OC)c(OC)c1. The van der Waals surface area contributed by atoms with Crippen LogP contribution in [0.3, 0.4) is 0 Å². The average molecular weight is 383 g/mol. The van der Waals surface area contributed by atoms with E-state index in [9.17, 15) is 9.90 Å². The summed E-state index contributed by atoms with van der Waals surface area (Å²) in [7, 11) is 3.21. The highest BCUT2D eigenvalue weighted by Gasteiger charge is 2.43. The van der Waals surface area contributed by atoms with Crippen LogP contribution in [0.25, 0.3) is 0 Å². The van der Waals surface area contributed by atoms with Crippen molar-refractivity contribution < 1.29 is 19.4 Å². The number of fused-ring (bicyclic) bond motifs is 1. The lowest BCUT2D eigenvalue weighted by molar-refractivity contribution is -0.168. The Kier molecular flexibility index (Phi) is 6.25. The fourth-order valence-corrected chi connectivity index (χ4v) is 3.95. The van der Waals surface area contributed by atoms with Gasteiger partial charge < -0.3 is 19.5 Å². The number of methoxy groups -OCH3 is 2. The van der Waals surface area contributed by atoms with Crippen LogP contribution >= 0.6 is 0 Å². The smallest absolute Gasteiger partial charge is 0.229 e. The molecule has 0 spiro atoms. The lowest BCUT2D eigenvalue weighted by atomic mass is 9.85. The average Bonchev–Trinajstić information content (AvgIpc) is 2.72. The monoisotopic (exact) mass is 383 g/mol. The zero-order chi connectivity index (χ0) is 20.1. The summed E-state index contributed by atoms with van der Waals surface area (Å²) in [5.74, 6) is 1.31. The Morgan fingerprint density at radius 2 is 1.86 bits per heavy atom. The molecule has 1 aliphatic rings. The lowest BCUT2D eigenvalue weighted by Gasteiger charge is -2.44. The van der Waals surface area contributed by atoms with Crippen LogP contribution in [0.2, 0.25) is 0 Å². The van der Waals surface area contributed by atoms with Gasteiger partial charge >= 0.3 is 0 Å². The van der Waals surface area contributed by atoms with E-state index in [1.54, 1.807) is 19.1 Å². The number of unbranched alkanes of at least 4 members (excludes halogenated alkanes) is 1. The fraction of sp³-hybridized carbons (Fsp3) is 0.435. The van der Waals surface area contributed by atoms with E-state index in [4.69, 9.17) is 9.47 Å². The van der Waals surface area contributed by atoms with Gasteiger partial charge in [-0.25, -0.2) is 0 Å². The van der Waals surface area contributed by atoms with Gasteiger partial charge in [-0.2, -0.15) is 0 Å². The molecule has 0 saturated carbocycles. The number of aliphatic hydroxyl groups is 1. The number of hydrogen-bond donors (Lipinski definition) is 1. The quantitative estimate of drug-likeness (QED) is 0.756. The molecule has 1 heterocycles. The normalized spacial score (nSPS) is 18.7. The summed E-state index contributed by atoms with van der Waals surface area (Å²) in [4.78, 5) is 14.6.